The molecule has 1 aliphatic carbocycles. The summed E-state index contributed by atoms with van der Waals surface area (Å²) in [4.78, 5) is 2.52. The third-order valence-electron chi connectivity index (χ3n) is 12.2. The Labute approximate surface area is 330 Å². The van der Waals surface area contributed by atoms with Crippen molar-refractivity contribution in [3.63, 3.8) is 0 Å². The van der Waals surface area contributed by atoms with Crippen molar-refractivity contribution in [2.45, 2.75) is 12.5 Å². The Morgan fingerprint density at radius 1 is 0.421 bits per heavy atom. The van der Waals surface area contributed by atoms with Crippen molar-refractivity contribution in [2.75, 3.05) is 4.90 Å². The maximum atomic E-state index is 2.52. The Morgan fingerprint density at radius 2 is 0.965 bits per heavy atom. The first-order valence-corrected chi connectivity index (χ1v) is 19.9. The average Bonchev–Trinajstić information content (AvgIpc) is 3.93. The summed E-state index contributed by atoms with van der Waals surface area (Å²) in [5, 5.41) is 7.76. The molecule has 0 fully saturated rings. The lowest BCUT2D eigenvalue weighted by molar-refractivity contribution is 0.787. The van der Waals surface area contributed by atoms with Gasteiger partial charge in [-0.15, -0.1) is 0 Å². The standard InChI is InChI=1S/C54H37N3/c1-2-11-36(12-3-1)37-21-27-40(28-22-37)55(43-33-34-53-49(35-43)48-17-10-16-47-46-15-6-9-20-52(46)57(53)54(47)48)41-29-23-38(24-30-41)39-25-31-42(32-26-39)56-50-18-7-4-13-44(50)45-14-5-8-19-51(45)56/h1-29,31-35,41H,30H2. The summed E-state index contributed by atoms with van der Waals surface area (Å²) in [6, 6.07) is 69.0. The van der Waals surface area contributed by atoms with E-state index in [-0.39, 0.29) is 6.04 Å². The third-order valence-corrected chi connectivity index (χ3v) is 12.2. The molecule has 57 heavy (non-hydrogen) atoms. The fraction of sp³-hybridized carbons (Fsp3) is 0.0370. The molecule has 0 amide bonds. The summed E-state index contributed by atoms with van der Waals surface area (Å²) in [5.74, 6) is 0. The third kappa shape index (κ3) is 4.92. The smallest absolute Gasteiger partial charge is 0.0620 e. The molecule has 1 unspecified atom stereocenters. The van der Waals surface area contributed by atoms with Crippen molar-refractivity contribution in [3.8, 4) is 16.8 Å². The highest BCUT2D eigenvalue weighted by Crippen LogP contribution is 2.42. The normalized spacial score (nSPS) is 14.5. The molecule has 12 rings (SSSR count). The summed E-state index contributed by atoms with van der Waals surface area (Å²) in [6.45, 7) is 0. The zero-order valence-electron chi connectivity index (χ0n) is 31.3. The molecule has 11 aromatic rings. The molecule has 0 spiro atoms. The fourth-order valence-corrected chi connectivity index (χ4v) is 9.57. The predicted molar refractivity (Wildman–Crippen MR) is 241 cm³/mol. The molecular formula is C54H37N3. The molecular weight excluding hydrogens is 691 g/mol. The quantitative estimate of drug-likeness (QED) is 0.166. The minimum absolute atomic E-state index is 0.142. The van der Waals surface area contributed by atoms with Gasteiger partial charge < -0.3 is 13.9 Å². The van der Waals surface area contributed by atoms with Crippen LogP contribution in [0.3, 0.4) is 0 Å². The van der Waals surface area contributed by atoms with Gasteiger partial charge in [-0.1, -0.05) is 146 Å². The van der Waals surface area contributed by atoms with Crippen LogP contribution in [0.4, 0.5) is 11.4 Å². The topological polar surface area (TPSA) is 12.6 Å². The second kappa shape index (κ2) is 12.6. The van der Waals surface area contributed by atoms with E-state index in [0.29, 0.717) is 0 Å². The number of para-hydroxylation sites is 4. The number of fused-ring (bicyclic) bond motifs is 9. The van der Waals surface area contributed by atoms with E-state index < -0.39 is 0 Å². The number of benzene rings is 8. The van der Waals surface area contributed by atoms with Gasteiger partial charge in [0.2, 0.25) is 0 Å². The van der Waals surface area contributed by atoms with Gasteiger partial charge in [-0.25, -0.2) is 0 Å². The van der Waals surface area contributed by atoms with E-state index in [4.69, 9.17) is 0 Å². The average molecular weight is 728 g/mol. The van der Waals surface area contributed by atoms with Crippen LogP contribution in [0.2, 0.25) is 0 Å². The summed E-state index contributed by atoms with van der Waals surface area (Å²) < 4.78 is 4.84. The number of hydrogen-bond donors (Lipinski definition) is 0. The minimum atomic E-state index is 0.142. The Bertz CT molecular complexity index is 3310. The monoisotopic (exact) mass is 727 g/mol. The van der Waals surface area contributed by atoms with Crippen molar-refractivity contribution in [2.24, 2.45) is 0 Å². The number of hydrogen-bond acceptors (Lipinski definition) is 1. The molecule has 0 bridgehead atoms. The van der Waals surface area contributed by atoms with Gasteiger partial charge in [0.05, 0.1) is 33.6 Å². The molecule has 0 saturated heterocycles. The molecule has 3 aromatic heterocycles. The SMILES string of the molecule is C1=CC(N(c2ccc(-c3ccccc3)cc2)c2ccc3c(c2)c2cccc4c5ccccc5n3c42)CC=C1c1ccc(-n2c3ccccc3c3ccccc32)cc1. The molecule has 268 valence electrons. The van der Waals surface area contributed by atoms with Crippen molar-refractivity contribution in [1.29, 1.82) is 0 Å². The lowest BCUT2D eigenvalue weighted by atomic mass is 9.95. The van der Waals surface area contributed by atoms with Crippen molar-refractivity contribution < 1.29 is 0 Å². The number of nitrogens with zero attached hydrogens (tertiary/aromatic N) is 3. The van der Waals surface area contributed by atoms with E-state index in [1.807, 2.05) is 0 Å². The van der Waals surface area contributed by atoms with E-state index in [9.17, 15) is 0 Å². The van der Waals surface area contributed by atoms with Crippen LogP contribution in [-0.2, 0) is 0 Å². The molecule has 1 atom stereocenters. The Hall–Kier alpha value is -7.36. The maximum absolute atomic E-state index is 2.52. The molecule has 0 N–H and O–H groups in total. The zero-order valence-corrected chi connectivity index (χ0v) is 31.3. The largest absolute Gasteiger partial charge is 0.334 e. The van der Waals surface area contributed by atoms with Crippen LogP contribution in [0.1, 0.15) is 12.0 Å². The summed E-state index contributed by atoms with van der Waals surface area (Å²) >= 11 is 0. The van der Waals surface area contributed by atoms with Crippen LogP contribution in [0.5, 0.6) is 0 Å². The van der Waals surface area contributed by atoms with E-state index >= 15 is 0 Å². The van der Waals surface area contributed by atoms with Gasteiger partial charge in [-0.3, -0.25) is 0 Å². The van der Waals surface area contributed by atoms with Gasteiger partial charge in [0.15, 0.2) is 0 Å². The lowest BCUT2D eigenvalue weighted by Gasteiger charge is -2.33. The molecule has 0 radical (unpaired) electrons. The zero-order chi connectivity index (χ0) is 37.5. The molecule has 3 heterocycles. The number of rotatable bonds is 6. The van der Waals surface area contributed by atoms with Crippen LogP contribution in [0, 0.1) is 0 Å². The summed E-state index contributed by atoms with van der Waals surface area (Å²) in [6.07, 6.45) is 8.02. The number of aromatic nitrogens is 2. The van der Waals surface area contributed by atoms with E-state index in [1.54, 1.807) is 0 Å². The first-order chi connectivity index (χ1) is 28.3. The molecule has 3 heteroatoms. The second-order valence-electron chi connectivity index (χ2n) is 15.3. The van der Waals surface area contributed by atoms with Crippen molar-refractivity contribution in [3.05, 3.63) is 212 Å². The second-order valence-corrected chi connectivity index (χ2v) is 15.3. The van der Waals surface area contributed by atoms with Crippen LogP contribution in [-0.4, -0.2) is 15.0 Å². The van der Waals surface area contributed by atoms with Crippen LogP contribution < -0.4 is 4.90 Å². The highest BCUT2D eigenvalue weighted by atomic mass is 15.2. The molecule has 8 aromatic carbocycles. The van der Waals surface area contributed by atoms with Gasteiger partial charge in [0, 0.05) is 49.4 Å². The molecule has 0 saturated carbocycles. The van der Waals surface area contributed by atoms with E-state index in [1.165, 1.54) is 99.2 Å². The highest BCUT2D eigenvalue weighted by Gasteiger charge is 2.24. The maximum Gasteiger partial charge on any atom is 0.0620 e. The summed E-state index contributed by atoms with van der Waals surface area (Å²) in [5.41, 5.74) is 14.7. The van der Waals surface area contributed by atoms with Crippen LogP contribution in [0.25, 0.3) is 82.3 Å². The Balaban J connectivity index is 0.921. The van der Waals surface area contributed by atoms with Gasteiger partial charge >= 0.3 is 0 Å². The minimum Gasteiger partial charge on any atom is -0.334 e. The fourth-order valence-electron chi connectivity index (χ4n) is 9.57. The van der Waals surface area contributed by atoms with Crippen LogP contribution >= 0.6 is 0 Å². The van der Waals surface area contributed by atoms with E-state index in [2.05, 4.69) is 220 Å². The number of anilines is 2. The highest BCUT2D eigenvalue weighted by molar-refractivity contribution is 6.23. The van der Waals surface area contributed by atoms with Gasteiger partial charge in [0.25, 0.3) is 0 Å². The Morgan fingerprint density at radius 3 is 1.65 bits per heavy atom. The van der Waals surface area contributed by atoms with Gasteiger partial charge in [0.1, 0.15) is 0 Å². The summed E-state index contributed by atoms with van der Waals surface area (Å²) in [7, 11) is 0. The van der Waals surface area contributed by atoms with Crippen molar-refractivity contribution in [1.82, 2.24) is 8.97 Å². The van der Waals surface area contributed by atoms with Crippen molar-refractivity contribution >= 4 is 76.8 Å². The lowest BCUT2D eigenvalue weighted by Crippen LogP contribution is -2.30. The first-order valence-electron chi connectivity index (χ1n) is 19.9. The van der Waals surface area contributed by atoms with E-state index in [0.717, 1.165) is 6.42 Å². The first kappa shape index (κ1) is 31.9. The molecule has 1 aliphatic rings. The molecule has 3 nitrogen and oxygen atoms in total. The van der Waals surface area contributed by atoms with Gasteiger partial charge in [-0.2, -0.15) is 0 Å². The number of allylic oxidation sites excluding steroid dienone is 2. The van der Waals surface area contributed by atoms with Gasteiger partial charge in [-0.05, 0) is 89.3 Å². The van der Waals surface area contributed by atoms with Crippen LogP contribution in [0.15, 0.2) is 206 Å². The molecule has 0 aliphatic heterocycles. The predicted octanol–water partition coefficient (Wildman–Crippen LogP) is 14.2. The Kier molecular flexibility index (Phi) is 7.05.